The molecule has 2 aromatic rings. The maximum absolute atomic E-state index is 11.9. The molecule has 2 aromatic carbocycles. The third-order valence-corrected chi connectivity index (χ3v) is 3.72. The first-order chi connectivity index (χ1) is 8.66. The van der Waals surface area contributed by atoms with E-state index >= 15 is 0 Å². The molecule has 0 radical (unpaired) electrons. The minimum atomic E-state index is 0.0718. The molecule has 0 fully saturated rings. The summed E-state index contributed by atoms with van der Waals surface area (Å²) in [6.07, 6.45) is 0. The summed E-state index contributed by atoms with van der Waals surface area (Å²) in [5.41, 5.74) is 2.08. The molecule has 0 atom stereocenters. The molecule has 0 unspecified atom stereocenters. The second kappa shape index (κ2) is 6.36. The van der Waals surface area contributed by atoms with E-state index in [-0.39, 0.29) is 5.75 Å². The average Bonchev–Trinajstić information content (AvgIpc) is 2.36. The fourth-order valence-electron chi connectivity index (χ4n) is 1.77. The monoisotopic (exact) mass is 369 g/mol. The molecule has 0 saturated heterocycles. The Hall–Kier alpha value is -0.840. The first-order valence-electron chi connectivity index (χ1n) is 5.67. The maximum atomic E-state index is 11.9. The van der Waals surface area contributed by atoms with Crippen molar-refractivity contribution in [1.29, 1.82) is 0 Å². The highest BCUT2D eigenvalue weighted by Crippen LogP contribution is 2.28. The van der Waals surface area contributed by atoms with Gasteiger partial charge >= 0.3 is 0 Å². The van der Waals surface area contributed by atoms with E-state index < -0.39 is 0 Å². The molecule has 0 aliphatic rings. The van der Waals surface area contributed by atoms with Gasteiger partial charge in [0, 0.05) is 20.1 Å². The molecule has 2 rings (SSSR count). The lowest BCUT2D eigenvalue weighted by Gasteiger charge is -2.15. The lowest BCUT2D eigenvalue weighted by atomic mass is 10.2. The van der Waals surface area contributed by atoms with Crippen molar-refractivity contribution in [3.05, 3.63) is 62.5 Å². The van der Waals surface area contributed by atoms with Crippen LogP contribution in [0.1, 0.15) is 11.1 Å². The molecule has 0 aliphatic carbocycles. The first kappa shape index (κ1) is 13.6. The predicted molar refractivity (Wildman–Crippen MR) is 77.1 cm³/mol. The number of nitrogens with two attached hydrogens (primary N) is 1. The van der Waals surface area contributed by atoms with Gasteiger partial charge in [-0.15, -0.1) is 0 Å². The van der Waals surface area contributed by atoms with Crippen LogP contribution in [-0.4, -0.2) is 0 Å². The molecule has 4 heteroatoms. The van der Waals surface area contributed by atoms with Crippen LogP contribution < -0.4 is 10.4 Å². The van der Waals surface area contributed by atoms with Gasteiger partial charge in [0.15, 0.2) is 0 Å². The maximum Gasteiger partial charge on any atom is 0.101 e. The second-order valence-electron chi connectivity index (χ2n) is 4.06. The summed E-state index contributed by atoms with van der Waals surface area (Å²) in [7, 11) is 0. The first-order valence-corrected chi connectivity index (χ1v) is 7.26. The van der Waals surface area contributed by atoms with Crippen LogP contribution in [0, 0.1) is 0 Å². The van der Waals surface area contributed by atoms with E-state index in [2.05, 4.69) is 49.3 Å². The summed E-state index contributed by atoms with van der Waals surface area (Å²) >= 11 is 6.68. The van der Waals surface area contributed by atoms with Crippen molar-refractivity contribution in [2.75, 3.05) is 0 Å². The highest BCUT2D eigenvalue weighted by Gasteiger charge is 2.03. The summed E-state index contributed by atoms with van der Waals surface area (Å²) in [6, 6.07) is 13.9. The zero-order valence-electron chi connectivity index (χ0n) is 9.70. The van der Waals surface area contributed by atoms with Gasteiger partial charge in [-0.3, -0.25) is 0 Å². The van der Waals surface area contributed by atoms with Crippen molar-refractivity contribution in [2.24, 2.45) is 0 Å². The molecule has 0 spiro atoms. The van der Waals surface area contributed by atoms with Crippen LogP contribution in [0.2, 0.25) is 0 Å². The average molecular weight is 371 g/mol. The lowest BCUT2D eigenvalue weighted by Crippen LogP contribution is -2.80. The third kappa shape index (κ3) is 3.57. The third-order valence-electron chi connectivity index (χ3n) is 2.67. The van der Waals surface area contributed by atoms with E-state index in [0.717, 1.165) is 16.6 Å². The molecule has 0 heterocycles. The van der Waals surface area contributed by atoms with Gasteiger partial charge in [-0.1, -0.05) is 67.9 Å². The van der Waals surface area contributed by atoms with Crippen LogP contribution in [0.4, 0.5) is 0 Å². The molecule has 0 aliphatic heterocycles. The number of hydrogen-bond acceptors (Lipinski definition) is 1. The minimum Gasteiger partial charge on any atom is -0.871 e. The van der Waals surface area contributed by atoms with Crippen molar-refractivity contribution in [3.63, 3.8) is 0 Å². The predicted octanol–water partition coefficient (Wildman–Crippen LogP) is 2.55. The molecule has 0 bridgehead atoms. The zero-order chi connectivity index (χ0) is 13.0. The van der Waals surface area contributed by atoms with Crippen molar-refractivity contribution >= 4 is 31.9 Å². The van der Waals surface area contributed by atoms with Crippen LogP contribution in [0.3, 0.4) is 0 Å². The Kier molecular flexibility index (Phi) is 4.80. The normalized spacial score (nSPS) is 10.6. The molecule has 2 N–H and O–H groups in total. The van der Waals surface area contributed by atoms with Gasteiger partial charge in [0.2, 0.25) is 0 Å². The summed E-state index contributed by atoms with van der Waals surface area (Å²) < 4.78 is 1.54. The molecule has 0 amide bonds. The number of quaternary nitrogens is 1. The Labute approximate surface area is 123 Å². The standard InChI is InChI=1S/C14H13Br2NO/c15-12-6-11(14(18)13(16)7-12)9-17-8-10-4-2-1-3-5-10/h1-7,17-18H,8-9H2. The molecular weight excluding hydrogens is 358 g/mol. The van der Waals surface area contributed by atoms with E-state index in [9.17, 15) is 5.11 Å². The van der Waals surface area contributed by atoms with Gasteiger partial charge < -0.3 is 10.4 Å². The van der Waals surface area contributed by atoms with Gasteiger partial charge in [-0.25, -0.2) is 0 Å². The topological polar surface area (TPSA) is 39.7 Å². The number of halogens is 2. The quantitative estimate of drug-likeness (QED) is 0.882. The van der Waals surface area contributed by atoms with Gasteiger partial charge in [-0.2, -0.15) is 0 Å². The van der Waals surface area contributed by atoms with Gasteiger partial charge in [0.25, 0.3) is 0 Å². The Balaban J connectivity index is 1.99. The zero-order valence-corrected chi connectivity index (χ0v) is 12.9. The van der Waals surface area contributed by atoms with Crippen LogP contribution in [-0.2, 0) is 13.1 Å². The van der Waals surface area contributed by atoms with E-state index in [1.807, 2.05) is 24.3 Å². The number of benzene rings is 2. The largest absolute Gasteiger partial charge is 0.871 e. The Morgan fingerprint density at radius 3 is 2.44 bits per heavy atom. The molecule has 94 valence electrons. The van der Waals surface area contributed by atoms with Crippen LogP contribution in [0.25, 0.3) is 0 Å². The van der Waals surface area contributed by atoms with E-state index in [1.165, 1.54) is 5.56 Å². The van der Waals surface area contributed by atoms with E-state index in [1.54, 1.807) is 6.07 Å². The van der Waals surface area contributed by atoms with Crippen LogP contribution >= 0.6 is 31.9 Å². The van der Waals surface area contributed by atoms with Crippen LogP contribution in [0.5, 0.6) is 5.75 Å². The molecule has 0 aromatic heterocycles. The molecule has 18 heavy (non-hydrogen) atoms. The van der Waals surface area contributed by atoms with Crippen molar-refractivity contribution in [2.45, 2.75) is 13.1 Å². The number of rotatable bonds is 4. The van der Waals surface area contributed by atoms with Crippen molar-refractivity contribution in [1.82, 2.24) is 0 Å². The Morgan fingerprint density at radius 2 is 1.72 bits per heavy atom. The van der Waals surface area contributed by atoms with Crippen LogP contribution in [0.15, 0.2) is 51.4 Å². The SMILES string of the molecule is [O-]c1c(Br)cc(Br)cc1C[NH2+]Cc1ccccc1. The molecule has 0 saturated carbocycles. The Bertz CT molecular complexity index is 529. The minimum absolute atomic E-state index is 0.0718. The summed E-state index contributed by atoms with van der Waals surface area (Å²) in [4.78, 5) is 0. The van der Waals surface area contributed by atoms with E-state index in [4.69, 9.17) is 0 Å². The fourth-order valence-corrected chi connectivity index (χ4v) is 3.09. The van der Waals surface area contributed by atoms with Gasteiger partial charge in [0.1, 0.15) is 13.1 Å². The summed E-state index contributed by atoms with van der Waals surface area (Å²) in [6.45, 7) is 1.57. The summed E-state index contributed by atoms with van der Waals surface area (Å²) in [5.74, 6) is 0.0718. The molecular formula is C14H13Br2NO. The Morgan fingerprint density at radius 1 is 1.00 bits per heavy atom. The summed E-state index contributed by atoms with van der Waals surface area (Å²) in [5, 5.41) is 14.0. The highest BCUT2D eigenvalue weighted by atomic mass is 79.9. The lowest BCUT2D eigenvalue weighted by molar-refractivity contribution is -0.686. The second-order valence-corrected chi connectivity index (χ2v) is 5.83. The van der Waals surface area contributed by atoms with E-state index in [0.29, 0.717) is 11.0 Å². The van der Waals surface area contributed by atoms with Crippen molar-refractivity contribution < 1.29 is 10.4 Å². The smallest absolute Gasteiger partial charge is 0.101 e. The number of hydrogen-bond donors (Lipinski definition) is 1. The highest BCUT2D eigenvalue weighted by molar-refractivity contribution is 9.11. The van der Waals surface area contributed by atoms with Gasteiger partial charge in [-0.05, 0) is 12.1 Å². The fraction of sp³-hybridized carbons (Fsp3) is 0.143. The molecule has 2 nitrogen and oxygen atoms in total. The van der Waals surface area contributed by atoms with Crippen molar-refractivity contribution in [3.8, 4) is 5.75 Å². The van der Waals surface area contributed by atoms with Gasteiger partial charge in [0.05, 0.1) is 0 Å².